The van der Waals surface area contributed by atoms with E-state index in [1.165, 1.54) is 11.0 Å². The average molecular weight is 422 g/mol. The summed E-state index contributed by atoms with van der Waals surface area (Å²) >= 11 is 9.01. The molecule has 2 rings (SSSR count). The second-order valence-corrected chi connectivity index (χ2v) is 7.89. The van der Waals surface area contributed by atoms with Gasteiger partial charge in [0.05, 0.1) is 10.6 Å². The van der Waals surface area contributed by atoms with E-state index in [2.05, 4.69) is 21.2 Å². The van der Waals surface area contributed by atoms with Gasteiger partial charge >= 0.3 is 6.09 Å². The van der Waals surface area contributed by atoms with Crippen LogP contribution in [0.1, 0.15) is 37.6 Å². The number of carbonyl (C=O) groups excluding carboxylic acids is 2. The van der Waals surface area contributed by atoms with Crippen molar-refractivity contribution in [2.24, 2.45) is 0 Å². The van der Waals surface area contributed by atoms with E-state index in [9.17, 15) is 14.0 Å². The fourth-order valence-electron chi connectivity index (χ4n) is 2.33. The van der Waals surface area contributed by atoms with E-state index in [-0.39, 0.29) is 16.6 Å². The second-order valence-electron chi connectivity index (χ2n) is 6.63. The summed E-state index contributed by atoms with van der Waals surface area (Å²) in [5, 5.41) is 2.98. The summed E-state index contributed by atoms with van der Waals surface area (Å²) in [7, 11) is 0. The van der Waals surface area contributed by atoms with Crippen molar-refractivity contribution in [3.05, 3.63) is 33.0 Å². The van der Waals surface area contributed by atoms with E-state index < -0.39 is 23.4 Å². The summed E-state index contributed by atoms with van der Waals surface area (Å²) in [5.41, 5.74) is -0.700. The Hall–Kier alpha value is -1.34. The zero-order valence-corrected chi connectivity index (χ0v) is 16.0. The monoisotopic (exact) mass is 420 g/mol. The predicted octanol–water partition coefficient (Wildman–Crippen LogP) is 3.98. The number of ether oxygens (including phenoxy) is 1. The molecule has 1 heterocycles. The molecule has 1 aliphatic heterocycles. The molecule has 1 aliphatic rings. The number of benzene rings is 1. The van der Waals surface area contributed by atoms with Crippen molar-refractivity contribution >= 4 is 39.5 Å². The van der Waals surface area contributed by atoms with Gasteiger partial charge in [0.1, 0.15) is 11.4 Å². The van der Waals surface area contributed by atoms with E-state index in [0.717, 1.165) is 6.07 Å². The first kappa shape index (κ1) is 19.0. The highest BCUT2D eigenvalue weighted by atomic mass is 79.9. The zero-order chi connectivity index (χ0) is 18.1. The van der Waals surface area contributed by atoms with Crippen LogP contribution in [0.2, 0.25) is 5.02 Å². The van der Waals surface area contributed by atoms with Crippen molar-refractivity contribution in [3.8, 4) is 0 Å². The molecule has 1 atom stereocenters. The first-order valence-corrected chi connectivity index (χ1v) is 8.67. The Labute approximate surface area is 153 Å². The van der Waals surface area contributed by atoms with Gasteiger partial charge < -0.3 is 15.0 Å². The van der Waals surface area contributed by atoms with Gasteiger partial charge in [0.15, 0.2) is 0 Å². The molecule has 0 radical (unpaired) electrons. The lowest BCUT2D eigenvalue weighted by Gasteiger charge is -2.24. The highest BCUT2D eigenvalue weighted by Gasteiger charge is 2.31. The van der Waals surface area contributed by atoms with Gasteiger partial charge in [0.2, 0.25) is 0 Å². The molecule has 1 saturated heterocycles. The number of hydrogen-bond donors (Lipinski definition) is 1. The molecule has 8 heteroatoms. The Morgan fingerprint density at radius 1 is 1.42 bits per heavy atom. The third kappa shape index (κ3) is 4.83. The van der Waals surface area contributed by atoms with Gasteiger partial charge in [-0.2, -0.15) is 0 Å². The van der Waals surface area contributed by atoms with Crippen LogP contribution in [0.15, 0.2) is 16.6 Å². The lowest BCUT2D eigenvalue weighted by atomic mass is 10.1. The maximum absolute atomic E-state index is 13.9. The van der Waals surface area contributed by atoms with Crippen LogP contribution < -0.4 is 5.32 Å². The molecular weight excluding hydrogens is 403 g/mol. The molecule has 5 nitrogen and oxygen atoms in total. The Kier molecular flexibility index (Phi) is 5.75. The van der Waals surface area contributed by atoms with Crippen molar-refractivity contribution in [2.75, 3.05) is 13.1 Å². The molecule has 0 spiro atoms. The number of nitrogens with one attached hydrogen (secondary N) is 1. The molecule has 1 fully saturated rings. The van der Waals surface area contributed by atoms with Crippen LogP contribution in [0.4, 0.5) is 9.18 Å². The van der Waals surface area contributed by atoms with Crippen LogP contribution in [-0.2, 0) is 4.74 Å². The highest BCUT2D eigenvalue weighted by molar-refractivity contribution is 9.10. The molecule has 0 aromatic heterocycles. The number of nitrogens with zero attached hydrogens (tertiary/aromatic N) is 1. The molecule has 1 aromatic rings. The third-order valence-electron chi connectivity index (χ3n) is 3.43. The highest BCUT2D eigenvalue weighted by Crippen LogP contribution is 2.26. The van der Waals surface area contributed by atoms with Crippen LogP contribution in [0.5, 0.6) is 0 Å². The fraction of sp³-hybridized carbons (Fsp3) is 0.500. The summed E-state index contributed by atoms with van der Waals surface area (Å²) in [4.78, 5) is 25.8. The second kappa shape index (κ2) is 7.27. The summed E-state index contributed by atoms with van der Waals surface area (Å²) in [6.45, 7) is 6.18. The number of carbonyl (C=O) groups is 2. The van der Waals surface area contributed by atoms with Gasteiger partial charge in [-0.1, -0.05) is 11.6 Å². The zero-order valence-electron chi connectivity index (χ0n) is 13.7. The van der Waals surface area contributed by atoms with Gasteiger partial charge in [-0.25, -0.2) is 9.18 Å². The normalized spacial score (nSPS) is 17.8. The summed E-state index contributed by atoms with van der Waals surface area (Å²) in [6, 6.07) is 2.17. The molecule has 0 bridgehead atoms. The SMILES string of the molecule is CC(C)(C)OC(=O)N1CC[C@@H](NC(=O)c2cc(Cl)c(Br)cc2F)C1. The van der Waals surface area contributed by atoms with Crippen LogP contribution in [0.3, 0.4) is 0 Å². The van der Waals surface area contributed by atoms with Gasteiger partial charge in [-0.15, -0.1) is 0 Å². The summed E-state index contributed by atoms with van der Waals surface area (Å²) < 4.78 is 19.6. The van der Waals surface area contributed by atoms with Gasteiger partial charge in [0.25, 0.3) is 5.91 Å². The molecule has 0 saturated carbocycles. The molecular formula is C16H19BrClFN2O3. The van der Waals surface area contributed by atoms with Crippen LogP contribution in [0, 0.1) is 5.82 Å². The molecule has 0 unspecified atom stereocenters. The van der Waals surface area contributed by atoms with Crippen molar-refractivity contribution < 1.29 is 18.7 Å². The van der Waals surface area contributed by atoms with Crippen molar-refractivity contribution in [1.29, 1.82) is 0 Å². The lowest BCUT2D eigenvalue weighted by Crippen LogP contribution is -2.40. The molecule has 2 amide bonds. The van der Waals surface area contributed by atoms with Crippen LogP contribution >= 0.6 is 27.5 Å². The fourth-order valence-corrected chi connectivity index (χ4v) is 2.81. The van der Waals surface area contributed by atoms with E-state index >= 15 is 0 Å². The topological polar surface area (TPSA) is 58.6 Å². The molecule has 1 aromatic carbocycles. The van der Waals surface area contributed by atoms with Gasteiger partial charge in [-0.3, -0.25) is 4.79 Å². The smallest absolute Gasteiger partial charge is 0.410 e. The van der Waals surface area contributed by atoms with Gasteiger partial charge in [-0.05, 0) is 55.3 Å². The maximum atomic E-state index is 13.9. The van der Waals surface area contributed by atoms with Crippen LogP contribution in [0.25, 0.3) is 0 Å². The largest absolute Gasteiger partial charge is 0.444 e. The molecule has 132 valence electrons. The minimum atomic E-state index is -0.661. The van der Waals surface area contributed by atoms with Crippen molar-refractivity contribution in [2.45, 2.75) is 38.8 Å². The quantitative estimate of drug-likeness (QED) is 0.735. The first-order chi connectivity index (χ1) is 11.1. The van der Waals surface area contributed by atoms with E-state index in [0.29, 0.717) is 24.0 Å². The minimum Gasteiger partial charge on any atom is -0.444 e. The van der Waals surface area contributed by atoms with Gasteiger partial charge in [0, 0.05) is 23.6 Å². The number of halogens is 3. The molecule has 0 aliphatic carbocycles. The Bertz CT molecular complexity index is 663. The lowest BCUT2D eigenvalue weighted by molar-refractivity contribution is 0.0290. The van der Waals surface area contributed by atoms with E-state index in [1.54, 1.807) is 20.8 Å². The number of amides is 2. The predicted molar refractivity (Wildman–Crippen MR) is 92.8 cm³/mol. The van der Waals surface area contributed by atoms with Crippen molar-refractivity contribution in [1.82, 2.24) is 10.2 Å². The van der Waals surface area contributed by atoms with Crippen molar-refractivity contribution in [3.63, 3.8) is 0 Å². The third-order valence-corrected chi connectivity index (χ3v) is 4.63. The Balaban J connectivity index is 1.97. The first-order valence-electron chi connectivity index (χ1n) is 7.50. The standard InChI is InChI=1S/C16H19BrClFN2O3/c1-16(2,3)24-15(23)21-5-4-9(8-21)20-14(22)10-6-12(18)11(17)7-13(10)19/h6-7,9H,4-5,8H2,1-3H3,(H,20,22)/t9-/m1/s1. The molecule has 1 N–H and O–H groups in total. The number of likely N-dealkylation sites (tertiary alicyclic amines) is 1. The van der Waals surface area contributed by atoms with Crippen LogP contribution in [-0.4, -0.2) is 41.6 Å². The summed E-state index contributed by atoms with van der Waals surface area (Å²) in [6.07, 6.45) is 0.161. The Morgan fingerprint density at radius 3 is 2.71 bits per heavy atom. The van der Waals surface area contributed by atoms with E-state index in [1.807, 2.05) is 0 Å². The summed E-state index contributed by atoms with van der Waals surface area (Å²) in [5.74, 6) is -1.22. The number of rotatable bonds is 2. The maximum Gasteiger partial charge on any atom is 0.410 e. The number of hydrogen-bond acceptors (Lipinski definition) is 3. The van der Waals surface area contributed by atoms with E-state index in [4.69, 9.17) is 16.3 Å². The minimum absolute atomic E-state index is 0.126. The molecule has 24 heavy (non-hydrogen) atoms. The Morgan fingerprint density at radius 2 is 2.08 bits per heavy atom. The average Bonchev–Trinajstić information content (AvgIpc) is 2.89.